The van der Waals surface area contributed by atoms with E-state index in [0.717, 1.165) is 4.90 Å². The van der Waals surface area contributed by atoms with Gasteiger partial charge in [0.2, 0.25) is 0 Å². The summed E-state index contributed by atoms with van der Waals surface area (Å²) in [4.78, 5) is 37.5. The van der Waals surface area contributed by atoms with Crippen LogP contribution in [0.4, 0.5) is 13.6 Å². The molecule has 1 aromatic rings. The zero-order chi connectivity index (χ0) is 19.7. The van der Waals surface area contributed by atoms with Gasteiger partial charge < -0.3 is 14.8 Å². The van der Waals surface area contributed by atoms with Gasteiger partial charge in [-0.15, -0.1) is 0 Å². The summed E-state index contributed by atoms with van der Waals surface area (Å²) < 4.78 is 33.8. The molecule has 1 aliphatic heterocycles. The van der Waals surface area contributed by atoms with Crippen molar-refractivity contribution in [3.05, 3.63) is 29.8 Å². The van der Waals surface area contributed by atoms with Crippen LogP contribution in [-0.2, 0) is 19.9 Å². The Morgan fingerprint density at radius 1 is 1.23 bits per heavy atom. The Kier molecular flexibility index (Phi) is 5.20. The molecule has 1 heterocycles. The first-order chi connectivity index (χ1) is 11.9. The van der Waals surface area contributed by atoms with E-state index >= 15 is 0 Å². The molecule has 1 N–H and O–H groups in total. The van der Waals surface area contributed by atoms with E-state index in [2.05, 4.69) is 10.1 Å². The van der Waals surface area contributed by atoms with Crippen molar-refractivity contribution in [1.29, 1.82) is 0 Å². The van der Waals surface area contributed by atoms with Crippen LogP contribution in [0.1, 0.15) is 33.3 Å². The van der Waals surface area contributed by atoms with E-state index in [1.165, 1.54) is 31.2 Å². The number of ether oxygens (including phenoxy) is 2. The minimum atomic E-state index is -2.96. The molecule has 0 aliphatic carbocycles. The van der Waals surface area contributed by atoms with Gasteiger partial charge in [0.15, 0.2) is 0 Å². The van der Waals surface area contributed by atoms with Crippen LogP contribution in [-0.4, -0.2) is 41.6 Å². The standard InChI is InChI=1S/C17H20F2N2O5/c1-16(2,3)26-12(22)9-21-13(23)17(4,20-15(21)24)10-5-7-11(8-6-10)25-14(18)19/h5-8,14H,9H2,1-4H3,(H,20,24)/t17-/m0/s1. The molecule has 0 aromatic heterocycles. The molecule has 0 radical (unpaired) electrons. The summed E-state index contributed by atoms with van der Waals surface area (Å²) in [5, 5.41) is 2.52. The second-order valence-corrected chi connectivity index (χ2v) is 6.94. The van der Waals surface area contributed by atoms with Crippen molar-refractivity contribution < 1.29 is 32.6 Å². The molecule has 0 bridgehead atoms. The summed E-state index contributed by atoms with van der Waals surface area (Å²) in [7, 11) is 0. The summed E-state index contributed by atoms with van der Waals surface area (Å²) in [5.74, 6) is -1.43. The lowest BCUT2D eigenvalue weighted by atomic mass is 9.92. The van der Waals surface area contributed by atoms with Gasteiger partial charge in [-0.25, -0.2) is 4.79 Å². The second-order valence-electron chi connectivity index (χ2n) is 6.94. The quantitative estimate of drug-likeness (QED) is 0.635. The Hall–Kier alpha value is -2.71. The van der Waals surface area contributed by atoms with Gasteiger partial charge in [0, 0.05) is 0 Å². The van der Waals surface area contributed by atoms with Crippen LogP contribution in [0.25, 0.3) is 0 Å². The average molecular weight is 370 g/mol. The van der Waals surface area contributed by atoms with Crippen LogP contribution >= 0.6 is 0 Å². The maximum atomic E-state index is 12.7. The number of hydrogen-bond acceptors (Lipinski definition) is 5. The molecular formula is C17H20F2N2O5. The monoisotopic (exact) mass is 370 g/mol. The fourth-order valence-electron chi connectivity index (χ4n) is 2.51. The van der Waals surface area contributed by atoms with Gasteiger partial charge in [0.1, 0.15) is 23.4 Å². The lowest BCUT2D eigenvalue weighted by Crippen LogP contribution is -2.42. The number of esters is 1. The predicted molar refractivity (Wildman–Crippen MR) is 86.5 cm³/mol. The van der Waals surface area contributed by atoms with E-state index in [0.29, 0.717) is 5.56 Å². The zero-order valence-corrected chi connectivity index (χ0v) is 14.8. The number of imide groups is 1. The van der Waals surface area contributed by atoms with Gasteiger partial charge in [0.05, 0.1) is 0 Å². The highest BCUT2D eigenvalue weighted by atomic mass is 19.3. The molecule has 142 valence electrons. The van der Waals surface area contributed by atoms with Crippen LogP contribution in [0.5, 0.6) is 5.75 Å². The van der Waals surface area contributed by atoms with E-state index in [4.69, 9.17) is 4.74 Å². The molecule has 26 heavy (non-hydrogen) atoms. The molecule has 3 amide bonds. The van der Waals surface area contributed by atoms with E-state index in [1.807, 2.05) is 0 Å². The lowest BCUT2D eigenvalue weighted by molar-refractivity contribution is -0.157. The van der Waals surface area contributed by atoms with Crippen LogP contribution in [0.2, 0.25) is 0 Å². The molecule has 7 nitrogen and oxygen atoms in total. The molecule has 1 fully saturated rings. The van der Waals surface area contributed by atoms with Crippen molar-refractivity contribution in [3.63, 3.8) is 0 Å². The third kappa shape index (κ3) is 4.27. The number of nitrogens with zero attached hydrogens (tertiary/aromatic N) is 1. The minimum absolute atomic E-state index is 0.0743. The van der Waals surface area contributed by atoms with Crippen molar-refractivity contribution in [3.8, 4) is 5.75 Å². The van der Waals surface area contributed by atoms with E-state index < -0.39 is 42.2 Å². The number of urea groups is 1. The van der Waals surface area contributed by atoms with Crippen LogP contribution < -0.4 is 10.1 Å². The SMILES string of the molecule is CC(C)(C)OC(=O)CN1C(=O)N[C@@](C)(c2ccc(OC(F)F)cc2)C1=O. The molecular weight excluding hydrogens is 350 g/mol. The van der Waals surface area contributed by atoms with Gasteiger partial charge in [-0.2, -0.15) is 8.78 Å². The average Bonchev–Trinajstić information content (AvgIpc) is 2.70. The normalized spacial score (nSPS) is 20.3. The molecule has 0 unspecified atom stereocenters. The molecule has 1 aliphatic rings. The molecule has 2 rings (SSSR count). The number of halogens is 2. The van der Waals surface area contributed by atoms with Crippen LogP contribution in [0.3, 0.4) is 0 Å². The third-order valence-electron chi connectivity index (χ3n) is 3.64. The van der Waals surface area contributed by atoms with Crippen molar-refractivity contribution in [1.82, 2.24) is 10.2 Å². The third-order valence-corrected chi connectivity index (χ3v) is 3.64. The summed E-state index contributed by atoms with van der Waals surface area (Å²) in [6, 6.07) is 4.58. The summed E-state index contributed by atoms with van der Waals surface area (Å²) >= 11 is 0. The molecule has 0 saturated carbocycles. The largest absolute Gasteiger partial charge is 0.459 e. The zero-order valence-electron chi connectivity index (χ0n) is 14.8. The highest BCUT2D eigenvalue weighted by Gasteiger charge is 2.49. The summed E-state index contributed by atoms with van der Waals surface area (Å²) in [5.41, 5.74) is -1.81. The van der Waals surface area contributed by atoms with Crippen LogP contribution in [0, 0.1) is 0 Å². The number of carbonyl (C=O) groups excluding carboxylic acids is 3. The fourth-order valence-corrected chi connectivity index (χ4v) is 2.51. The smallest absolute Gasteiger partial charge is 0.387 e. The van der Waals surface area contributed by atoms with Gasteiger partial charge in [0.25, 0.3) is 5.91 Å². The summed E-state index contributed by atoms with van der Waals surface area (Å²) in [6.07, 6.45) is 0. The topological polar surface area (TPSA) is 84.9 Å². The van der Waals surface area contributed by atoms with Gasteiger partial charge in [-0.3, -0.25) is 14.5 Å². The number of rotatable bonds is 5. The number of amides is 3. The molecule has 9 heteroatoms. The minimum Gasteiger partial charge on any atom is -0.459 e. The maximum absolute atomic E-state index is 12.7. The highest BCUT2D eigenvalue weighted by molar-refractivity contribution is 6.08. The molecule has 0 spiro atoms. The van der Waals surface area contributed by atoms with E-state index in [1.54, 1.807) is 20.8 Å². The van der Waals surface area contributed by atoms with Gasteiger partial charge in [-0.05, 0) is 45.4 Å². The molecule has 1 atom stereocenters. The van der Waals surface area contributed by atoms with Crippen LogP contribution in [0.15, 0.2) is 24.3 Å². The van der Waals surface area contributed by atoms with Crippen molar-refractivity contribution in [2.24, 2.45) is 0 Å². The first kappa shape index (κ1) is 19.6. The Labute approximate surface area is 149 Å². The van der Waals surface area contributed by atoms with E-state index in [-0.39, 0.29) is 5.75 Å². The van der Waals surface area contributed by atoms with Crippen molar-refractivity contribution >= 4 is 17.9 Å². The first-order valence-corrected chi connectivity index (χ1v) is 7.84. The lowest BCUT2D eigenvalue weighted by Gasteiger charge is -2.23. The number of carbonyl (C=O) groups is 3. The predicted octanol–water partition coefficient (Wildman–Crippen LogP) is 2.40. The van der Waals surface area contributed by atoms with Crippen molar-refractivity contribution in [2.75, 3.05) is 6.54 Å². The van der Waals surface area contributed by atoms with E-state index in [9.17, 15) is 23.2 Å². The van der Waals surface area contributed by atoms with Crippen molar-refractivity contribution in [2.45, 2.75) is 45.4 Å². The molecule has 1 saturated heterocycles. The Morgan fingerprint density at radius 3 is 2.31 bits per heavy atom. The fraction of sp³-hybridized carbons (Fsp3) is 0.471. The Morgan fingerprint density at radius 2 is 1.81 bits per heavy atom. The second kappa shape index (κ2) is 6.89. The van der Waals surface area contributed by atoms with Gasteiger partial charge in [-0.1, -0.05) is 12.1 Å². The number of hydrogen-bond donors (Lipinski definition) is 1. The number of nitrogens with one attached hydrogen (secondary N) is 1. The maximum Gasteiger partial charge on any atom is 0.387 e. The number of alkyl halides is 2. The Balaban J connectivity index is 2.16. The molecule has 1 aromatic carbocycles. The Bertz CT molecular complexity index is 715. The number of benzene rings is 1. The van der Waals surface area contributed by atoms with Gasteiger partial charge >= 0.3 is 18.6 Å². The first-order valence-electron chi connectivity index (χ1n) is 7.84. The summed E-state index contributed by atoms with van der Waals surface area (Å²) in [6.45, 7) is 2.99. The highest BCUT2D eigenvalue weighted by Crippen LogP contribution is 2.30.